The SMILES string of the molecule is CC[C@@]1(C(N)=O)CCC[C@@H]1N1CCc2cnc3[nH]ccc3c21. The van der Waals surface area contributed by atoms with Gasteiger partial charge in [-0.15, -0.1) is 0 Å². The van der Waals surface area contributed by atoms with E-state index < -0.39 is 0 Å². The van der Waals surface area contributed by atoms with E-state index in [9.17, 15) is 4.79 Å². The van der Waals surface area contributed by atoms with E-state index in [2.05, 4.69) is 27.9 Å². The predicted molar refractivity (Wildman–Crippen MR) is 86.7 cm³/mol. The molecule has 0 bridgehead atoms. The van der Waals surface area contributed by atoms with Gasteiger partial charge >= 0.3 is 0 Å². The molecule has 2 atom stereocenters. The third-order valence-electron chi connectivity index (χ3n) is 5.78. The number of amides is 1. The van der Waals surface area contributed by atoms with Gasteiger partial charge in [0.25, 0.3) is 0 Å². The summed E-state index contributed by atoms with van der Waals surface area (Å²) in [5, 5.41) is 1.16. The van der Waals surface area contributed by atoms with Gasteiger partial charge in [0.05, 0.1) is 11.1 Å². The van der Waals surface area contributed by atoms with Crippen molar-refractivity contribution >= 4 is 22.6 Å². The molecule has 1 aliphatic heterocycles. The van der Waals surface area contributed by atoms with Crippen LogP contribution in [0.15, 0.2) is 18.5 Å². The van der Waals surface area contributed by atoms with Crippen LogP contribution in [0.3, 0.4) is 0 Å². The summed E-state index contributed by atoms with van der Waals surface area (Å²) in [4.78, 5) is 22.3. The van der Waals surface area contributed by atoms with Crippen molar-refractivity contribution in [2.75, 3.05) is 11.4 Å². The Morgan fingerprint density at radius 1 is 1.59 bits per heavy atom. The summed E-state index contributed by atoms with van der Waals surface area (Å²) in [5.41, 5.74) is 8.92. The van der Waals surface area contributed by atoms with Crippen LogP contribution in [0.1, 0.15) is 38.2 Å². The molecule has 1 fully saturated rings. The summed E-state index contributed by atoms with van der Waals surface area (Å²) in [6, 6.07) is 2.31. The molecule has 2 aliphatic rings. The van der Waals surface area contributed by atoms with Crippen LogP contribution in [0.2, 0.25) is 0 Å². The van der Waals surface area contributed by atoms with Crippen LogP contribution >= 0.6 is 0 Å². The second kappa shape index (κ2) is 4.73. The van der Waals surface area contributed by atoms with Crippen LogP contribution in [0, 0.1) is 5.41 Å². The lowest BCUT2D eigenvalue weighted by Crippen LogP contribution is -2.51. The van der Waals surface area contributed by atoms with Crippen molar-refractivity contribution < 1.29 is 4.79 Å². The summed E-state index contributed by atoms with van der Waals surface area (Å²) in [6.07, 6.45) is 8.76. The van der Waals surface area contributed by atoms with Gasteiger partial charge < -0.3 is 15.6 Å². The van der Waals surface area contributed by atoms with Crippen molar-refractivity contribution in [2.24, 2.45) is 11.1 Å². The largest absolute Gasteiger partial charge is 0.369 e. The Balaban J connectivity index is 1.83. The van der Waals surface area contributed by atoms with Crippen LogP contribution in [0.25, 0.3) is 11.0 Å². The lowest BCUT2D eigenvalue weighted by Gasteiger charge is -2.39. The number of carbonyl (C=O) groups is 1. The number of fused-ring (bicyclic) bond motifs is 3. The van der Waals surface area contributed by atoms with E-state index in [-0.39, 0.29) is 17.4 Å². The van der Waals surface area contributed by atoms with Gasteiger partial charge in [0.15, 0.2) is 0 Å². The van der Waals surface area contributed by atoms with E-state index in [0.29, 0.717) is 0 Å². The molecule has 2 aromatic rings. The van der Waals surface area contributed by atoms with Gasteiger partial charge in [-0.2, -0.15) is 0 Å². The highest BCUT2D eigenvalue weighted by atomic mass is 16.1. The van der Waals surface area contributed by atoms with Crippen LogP contribution in [-0.4, -0.2) is 28.5 Å². The van der Waals surface area contributed by atoms with E-state index in [1.807, 2.05) is 12.4 Å². The fourth-order valence-electron chi connectivity index (χ4n) is 4.60. The fraction of sp³-hybridized carbons (Fsp3) is 0.529. The van der Waals surface area contributed by atoms with E-state index in [4.69, 9.17) is 5.73 Å². The number of nitrogens with one attached hydrogen (secondary N) is 1. The van der Waals surface area contributed by atoms with Gasteiger partial charge in [-0.3, -0.25) is 4.79 Å². The molecule has 4 rings (SSSR count). The molecule has 3 heterocycles. The van der Waals surface area contributed by atoms with Crippen molar-refractivity contribution in [3.63, 3.8) is 0 Å². The molecule has 0 radical (unpaired) electrons. The van der Waals surface area contributed by atoms with Crippen LogP contribution < -0.4 is 10.6 Å². The maximum atomic E-state index is 12.2. The van der Waals surface area contributed by atoms with Gasteiger partial charge in [0.2, 0.25) is 5.91 Å². The van der Waals surface area contributed by atoms with Crippen LogP contribution in [0.5, 0.6) is 0 Å². The lowest BCUT2D eigenvalue weighted by atomic mass is 9.78. The van der Waals surface area contributed by atoms with Gasteiger partial charge in [0, 0.05) is 30.4 Å². The summed E-state index contributed by atoms with van der Waals surface area (Å²) in [7, 11) is 0. The third kappa shape index (κ3) is 1.65. The number of pyridine rings is 1. The van der Waals surface area contributed by atoms with E-state index >= 15 is 0 Å². The number of nitrogens with two attached hydrogens (primary N) is 1. The summed E-state index contributed by atoms with van der Waals surface area (Å²) in [6.45, 7) is 3.06. The van der Waals surface area contributed by atoms with Gasteiger partial charge in [-0.05, 0) is 37.3 Å². The monoisotopic (exact) mass is 298 g/mol. The summed E-state index contributed by atoms with van der Waals surface area (Å²) < 4.78 is 0. The number of aromatic nitrogens is 2. The van der Waals surface area contributed by atoms with Crippen molar-refractivity contribution in [2.45, 2.75) is 45.1 Å². The molecular weight excluding hydrogens is 276 g/mol. The number of nitrogens with zero attached hydrogens (tertiary/aromatic N) is 2. The Labute approximate surface area is 129 Å². The molecule has 0 unspecified atom stereocenters. The number of primary amides is 1. The predicted octanol–water partition coefficient (Wildman–Crippen LogP) is 2.36. The summed E-state index contributed by atoms with van der Waals surface area (Å²) in [5.74, 6) is -0.134. The highest BCUT2D eigenvalue weighted by molar-refractivity contribution is 5.93. The molecule has 0 spiro atoms. The molecule has 22 heavy (non-hydrogen) atoms. The number of aromatic amines is 1. The number of anilines is 1. The first kappa shape index (κ1) is 13.6. The Kier molecular flexibility index (Phi) is 2.93. The zero-order valence-corrected chi connectivity index (χ0v) is 12.9. The van der Waals surface area contributed by atoms with Crippen molar-refractivity contribution in [3.05, 3.63) is 24.0 Å². The lowest BCUT2D eigenvalue weighted by molar-refractivity contribution is -0.128. The molecule has 2 aromatic heterocycles. The Bertz CT molecular complexity index is 737. The zero-order chi connectivity index (χ0) is 15.3. The molecule has 5 nitrogen and oxygen atoms in total. The Morgan fingerprint density at radius 3 is 3.23 bits per heavy atom. The molecule has 0 aromatic carbocycles. The first-order valence-electron chi connectivity index (χ1n) is 8.19. The molecule has 5 heteroatoms. The van der Waals surface area contributed by atoms with Crippen LogP contribution in [-0.2, 0) is 11.2 Å². The maximum Gasteiger partial charge on any atom is 0.225 e. The zero-order valence-electron chi connectivity index (χ0n) is 12.9. The number of rotatable bonds is 3. The van der Waals surface area contributed by atoms with Crippen molar-refractivity contribution in [1.29, 1.82) is 0 Å². The van der Waals surface area contributed by atoms with Crippen molar-refractivity contribution in [1.82, 2.24) is 9.97 Å². The van der Waals surface area contributed by atoms with Gasteiger partial charge in [-0.25, -0.2) is 4.98 Å². The number of hydrogen-bond donors (Lipinski definition) is 2. The minimum Gasteiger partial charge on any atom is -0.369 e. The number of carbonyl (C=O) groups excluding carboxylic acids is 1. The van der Waals surface area contributed by atoms with E-state index in [1.54, 1.807) is 0 Å². The molecule has 0 saturated heterocycles. The molecule has 1 amide bonds. The maximum absolute atomic E-state index is 12.2. The average Bonchev–Trinajstić information content (AvgIpc) is 3.23. The van der Waals surface area contributed by atoms with E-state index in [1.165, 1.54) is 11.3 Å². The highest BCUT2D eigenvalue weighted by Crippen LogP contribution is 2.48. The average molecular weight is 298 g/mol. The minimum absolute atomic E-state index is 0.134. The highest BCUT2D eigenvalue weighted by Gasteiger charge is 2.50. The summed E-state index contributed by atoms with van der Waals surface area (Å²) >= 11 is 0. The van der Waals surface area contributed by atoms with Crippen molar-refractivity contribution in [3.8, 4) is 0 Å². The Hall–Kier alpha value is -2.04. The quantitative estimate of drug-likeness (QED) is 0.913. The normalized spacial score (nSPS) is 27.5. The minimum atomic E-state index is -0.381. The number of hydrogen-bond acceptors (Lipinski definition) is 3. The van der Waals surface area contributed by atoms with Gasteiger partial charge in [-0.1, -0.05) is 13.3 Å². The first-order valence-corrected chi connectivity index (χ1v) is 8.19. The van der Waals surface area contributed by atoms with E-state index in [0.717, 1.165) is 49.7 Å². The second-order valence-electron chi connectivity index (χ2n) is 6.60. The molecule has 1 aliphatic carbocycles. The topological polar surface area (TPSA) is 75.0 Å². The first-order chi connectivity index (χ1) is 10.7. The van der Waals surface area contributed by atoms with Gasteiger partial charge in [0.1, 0.15) is 5.65 Å². The molecule has 3 N–H and O–H groups in total. The number of H-pyrrole nitrogens is 1. The van der Waals surface area contributed by atoms with Crippen LogP contribution in [0.4, 0.5) is 5.69 Å². The molecular formula is C17H22N4O. The molecule has 1 saturated carbocycles. The third-order valence-corrected chi connectivity index (χ3v) is 5.78. The molecule has 116 valence electrons. The fourth-order valence-corrected chi connectivity index (χ4v) is 4.60. The smallest absolute Gasteiger partial charge is 0.225 e. The standard InChI is InChI=1S/C17H22N4O/c1-2-17(16(18)22)7-3-4-13(17)21-9-6-11-10-20-15-12(14(11)21)5-8-19-15/h5,8,10,13H,2-4,6-7,9H2,1H3,(H2,18,22)(H,19,20)/t13-,17+/m0/s1. The Morgan fingerprint density at radius 2 is 2.45 bits per heavy atom. The second-order valence-corrected chi connectivity index (χ2v) is 6.60.